The largest absolute Gasteiger partial charge is 0.479 e. The zero-order chi connectivity index (χ0) is 13.2. The highest BCUT2D eigenvalue weighted by Crippen LogP contribution is 2.36. The smallest absolute Gasteiger partial charge is 0.344 e. The van der Waals surface area contributed by atoms with Gasteiger partial charge in [-0.3, -0.25) is 0 Å². The van der Waals surface area contributed by atoms with Crippen LogP contribution in [0.15, 0.2) is 29.4 Å². The molecule has 1 aliphatic carbocycles. The van der Waals surface area contributed by atoms with Gasteiger partial charge >= 0.3 is 5.97 Å². The molecule has 4 heteroatoms. The molecule has 1 aliphatic rings. The molecule has 1 aromatic rings. The van der Waals surface area contributed by atoms with Crippen LogP contribution in [0, 0.1) is 0 Å². The number of nitrogens with zero attached hydrogens (tertiary/aromatic N) is 1. The third-order valence-corrected chi connectivity index (χ3v) is 3.32. The predicted octanol–water partition coefficient (Wildman–Crippen LogP) is 2.56. The molecule has 0 heterocycles. The number of carboxylic acids is 1. The van der Waals surface area contributed by atoms with Gasteiger partial charge in [-0.1, -0.05) is 43.3 Å². The Labute approximate surface area is 106 Å². The van der Waals surface area contributed by atoms with Crippen molar-refractivity contribution in [2.45, 2.75) is 32.1 Å². The summed E-state index contributed by atoms with van der Waals surface area (Å²) in [6.07, 6.45) is 1.79. The first kappa shape index (κ1) is 12.6. The second-order valence-electron chi connectivity index (χ2n) is 5.13. The highest BCUT2D eigenvalue weighted by atomic mass is 16.6. The van der Waals surface area contributed by atoms with Gasteiger partial charge in [0.2, 0.25) is 6.61 Å². The maximum atomic E-state index is 10.4. The summed E-state index contributed by atoms with van der Waals surface area (Å²) in [4.78, 5) is 15.2. The molecule has 0 aliphatic heterocycles. The Hall–Kier alpha value is -1.84. The maximum Gasteiger partial charge on any atom is 0.344 e. The number of benzene rings is 1. The standard InChI is InChI=1S/C14H17NO3/c1-14(2)8-7-12(15-18-9-13(16)17)10-5-3-4-6-11(10)14/h3-6H,7-9H2,1-2H3,(H,16,17). The van der Waals surface area contributed by atoms with Crippen molar-refractivity contribution in [3.05, 3.63) is 35.4 Å². The van der Waals surface area contributed by atoms with Crippen molar-refractivity contribution in [1.29, 1.82) is 0 Å². The number of oxime groups is 1. The number of hydrogen-bond acceptors (Lipinski definition) is 3. The van der Waals surface area contributed by atoms with E-state index in [1.54, 1.807) is 0 Å². The van der Waals surface area contributed by atoms with Crippen LogP contribution in [0.4, 0.5) is 0 Å². The molecule has 0 aromatic heterocycles. The first-order chi connectivity index (χ1) is 8.50. The maximum absolute atomic E-state index is 10.4. The molecule has 0 unspecified atom stereocenters. The van der Waals surface area contributed by atoms with E-state index in [2.05, 4.69) is 25.1 Å². The van der Waals surface area contributed by atoms with Gasteiger partial charge < -0.3 is 9.94 Å². The Balaban J connectivity index is 2.28. The minimum atomic E-state index is -1.01. The van der Waals surface area contributed by atoms with Crippen LogP contribution >= 0.6 is 0 Å². The van der Waals surface area contributed by atoms with E-state index in [0.717, 1.165) is 24.1 Å². The second-order valence-corrected chi connectivity index (χ2v) is 5.13. The van der Waals surface area contributed by atoms with Gasteiger partial charge in [0, 0.05) is 5.56 Å². The van der Waals surface area contributed by atoms with Gasteiger partial charge in [0.25, 0.3) is 0 Å². The van der Waals surface area contributed by atoms with Crippen LogP contribution < -0.4 is 0 Å². The Morgan fingerprint density at radius 3 is 2.89 bits per heavy atom. The topological polar surface area (TPSA) is 58.9 Å². The molecule has 4 nitrogen and oxygen atoms in total. The van der Waals surface area contributed by atoms with Gasteiger partial charge in [-0.25, -0.2) is 4.79 Å². The lowest BCUT2D eigenvalue weighted by atomic mass is 9.72. The summed E-state index contributed by atoms with van der Waals surface area (Å²) >= 11 is 0. The van der Waals surface area contributed by atoms with Crippen molar-refractivity contribution in [2.24, 2.45) is 5.16 Å². The van der Waals surface area contributed by atoms with Crippen molar-refractivity contribution in [2.75, 3.05) is 6.61 Å². The lowest BCUT2D eigenvalue weighted by Gasteiger charge is -2.32. The van der Waals surface area contributed by atoms with E-state index in [0.29, 0.717) is 0 Å². The normalized spacial score (nSPS) is 19.3. The monoisotopic (exact) mass is 247 g/mol. The van der Waals surface area contributed by atoms with Crippen molar-refractivity contribution in [3.8, 4) is 0 Å². The highest BCUT2D eigenvalue weighted by molar-refractivity contribution is 6.03. The Morgan fingerprint density at radius 2 is 2.17 bits per heavy atom. The summed E-state index contributed by atoms with van der Waals surface area (Å²) in [5.41, 5.74) is 3.28. The van der Waals surface area contributed by atoms with Gasteiger partial charge in [-0.15, -0.1) is 0 Å². The SMILES string of the molecule is CC1(C)CCC(=NOCC(=O)O)c2ccccc21. The molecule has 1 aromatic carbocycles. The number of aliphatic carboxylic acids is 1. The summed E-state index contributed by atoms with van der Waals surface area (Å²) in [7, 11) is 0. The minimum Gasteiger partial charge on any atom is -0.479 e. The summed E-state index contributed by atoms with van der Waals surface area (Å²) in [5, 5.41) is 12.5. The van der Waals surface area contributed by atoms with Gasteiger partial charge in [-0.2, -0.15) is 0 Å². The molecule has 2 rings (SSSR count). The number of carboxylic acid groups (broad SMARTS) is 1. The number of hydrogen-bond donors (Lipinski definition) is 1. The molecule has 0 radical (unpaired) electrons. The van der Waals surface area contributed by atoms with Gasteiger partial charge in [0.1, 0.15) is 0 Å². The van der Waals surface area contributed by atoms with Crippen LogP contribution in [0.25, 0.3) is 0 Å². The van der Waals surface area contributed by atoms with Crippen molar-refractivity contribution in [3.63, 3.8) is 0 Å². The molecular formula is C14H17NO3. The first-order valence-electron chi connectivity index (χ1n) is 6.01. The third kappa shape index (κ3) is 2.53. The Morgan fingerprint density at radius 1 is 1.44 bits per heavy atom. The average Bonchev–Trinajstić information content (AvgIpc) is 2.32. The fourth-order valence-corrected chi connectivity index (χ4v) is 2.29. The molecule has 0 saturated heterocycles. The zero-order valence-corrected chi connectivity index (χ0v) is 10.6. The van der Waals surface area contributed by atoms with Crippen molar-refractivity contribution >= 4 is 11.7 Å². The molecule has 96 valence electrons. The fraction of sp³-hybridized carbons (Fsp3) is 0.429. The van der Waals surface area contributed by atoms with Gasteiger partial charge in [-0.05, 0) is 23.8 Å². The summed E-state index contributed by atoms with van der Waals surface area (Å²) in [5.74, 6) is -1.01. The van der Waals surface area contributed by atoms with Crippen molar-refractivity contribution < 1.29 is 14.7 Å². The molecule has 0 saturated carbocycles. The van der Waals surface area contributed by atoms with E-state index in [9.17, 15) is 4.79 Å². The number of rotatable bonds is 3. The third-order valence-electron chi connectivity index (χ3n) is 3.32. The summed E-state index contributed by atoms with van der Waals surface area (Å²) in [6.45, 7) is 4.02. The van der Waals surface area contributed by atoms with Crippen LogP contribution in [0.1, 0.15) is 37.8 Å². The lowest BCUT2D eigenvalue weighted by molar-refractivity contribution is -0.142. The molecule has 0 bridgehead atoms. The Bertz CT molecular complexity index is 492. The van der Waals surface area contributed by atoms with Crippen LogP contribution in [0.5, 0.6) is 0 Å². The lowest BCUT2D eigenvalue weighted by Crippen LogP contribution is -2.27. The van der Waals surface area contributed by atoms with E-state index in [4.69, 9.17) is 9.94 Å². The van der Waals surface area contributed by atoms with Crippen LogP contribution in [0.2, 0.25) is 0 Å². The van der Waals surface area contributed by atoms with E-state index in [1.165, 1.54) is 5.56 Å². The zero-order valence-electron chi connectivity index (χ0n) is 10.6. The number of carbonyl (C=O) groups is 1. The molecule has 18 heavy (non-hydrogen) atoms. The molecule has 1 N–H and O–H groups in total. The summed E-state index contributed by atoms with van der Waals surface area (Å²) in [6, 6.07) is 8.09. The van der Waals surface area contributed by atoms with Crippen LogP contribution in [-0.4, -0.2) is 23.4 Å². The van der Waals surface area contributed by atoms with Gasteiger partial charge in [0.15, 0.2) is 0 Å². The first-order valence-corrected chi connectivity index (χ1v) is 6.01. The quantitative estimate of drug-likeness (QED) is 0.835. The van der Waals surface area contributed by atoms with Crippen LogP contribution in [0.3, 0.4) is 0 Å². The molecule has 0 amide bonds. The average molecular weight is 247 g/mol. The van der Waals surface area contributed by atoms with E-state index in [1.807, 2.05) is 18.2 Å². The predicted molar refractivity (Wildman–Crippen MR) is 68.8 cm³/mol. The van der Waals surface area contributed by atoms with E-state index in [-0.39, 0.29) is 5.41 Å². The summed E-state index contributed by atoms with van der Waals surface area (Å²) < 4.78 is 0. The molecular weight excluding hydrogens is 230 g/mol. The van der Waals surface area contributed by atoms with E-state index >= 15 is 0 Å². The number of fused-ring (bicyclic) bond motifs is 1. The minimum absolute atomic E-state index is 0.127. The highest BCUT2D eigenvalue weighted by Gasteiger charge is 2.30. The molecule has 0 fully saturated rings. The fourth-order valence-electron chi connectivity index (χ4n) is 2.29. The van der Waals surface area contributed by atoms with Crippen molar-refractivity contribution in [1.82, 2.24) is 0 Å². The van der Waals surface area contributed by atoms with E-state index < -0.39 is 12.6 Å². The molecule has 0 atom stereocenters. The second kappa shape index (κ2) is 4.80. The van der Waals surface area contributed by atoms with Crippen LogP contribution in [-0.2, 0) is 15.0 Å². The Kier molecular flexibility index (Phi) is 3.36. The molecule has 0 spiro atoms. The van der Waals surface area contributed by atoms with Gasteiger partial charge in [0.05, 0.1) is 5.71 Å².